The van der Waals surface area contributed by atoms with E-state index in [9.17, 15) is 10.1 Å². The van der Waals surface area contributed by atoms with E-state index in [1.165, 1.54) is 16.8 Å². The van der Waals surface area contributed by atoms with Crippen molar-refractivity contribution >= 4 is 17.3 Å². The van der Waals surface area contributed by atoms with Crippen molar-refractivity contribution in [3.8, 4) is 5.69 Å². The molecule has 0 amide bonds. The number of non-ortho nitro benzene ring substituents is 1. The maximum Gasteiger partial charge on any atom is 0.271 e. The van der Waals surface area contributed by atoms with E-state index in [-0.39, 0.29) is 10.7 Å². The van der Waals surface area contributed by atoms with Crippen molar-refractivity contribution in [2.24, 2.45) is 0 Å². The average molecular weight is 239 g/mol. The number of aromatic nitrogens is 3. The number of aryl methyl sites for hydroxylation is 1. The van der Waals surface area contributed by atoms with E-state index < -0.39 is 4.92 Å². The van der Waals surface area contributed by atoms with Gasteiger partial charge >= 0.3 is 0 Å². The van der Waals surface area contributed by atoms with Gasteiger partial charge in [-0.15, -0.1) is 5.10 Å². The van der Waals surface area contributed by atoms with Crippen LogP contribution in [0, 0.1) is 17.0 Å². The molecular formula is C9H7ClN4O2. The summed E-state index contributed by atoms with van der Waals surface area (Å²) in [6, 6.07) is 4.21. The van der Waals surface area contributed by atoms with Crippen LogP contribution in [0.1, 0.15) is 5.69 Å². The summed E-state index contributed by atoms with van der Waals surface area (Å²) in [7, 11) is 0. The lowest BCUT2D eigenvalue weighted by molar-refractivity contribution is -0.384. The zero-order valence-electron chi connectivity index (χ0n) is 8.29. The third-order valence-electron chi connectivity index (χ3n) is 2.09. The van der Waals surface area contributed by atoms with Gasteiger partial charge in [0.15, 0.2) is 0 Å². The van der Waals surface area contributed by atoms with Crippen molar-refractivity contribution in [3.05, 3.63) is 45.2 Å². The number of nitro groups is 1. The Hall–Kier alpha value is -1.95. The van der Waals surface area contributed by atoms with Crippen LogP contribution in [0.15, 0.2) is 24.4 Å². The molecule has 0 fully saturated rings. The molecule has 7 heteroatoms. The Balaban J connectivity index is 2.52. The molecule has 1 aromatic carbocycles. The number of halogens is 1. The van der Waals surface area contributed by atoms with Gasteiger partial charge in [-0.05, 0) is 13.0 Å². The topological polar surface area (TPSA) is 73.8 Å². The Morgan fingerprint density at radius 3 is 2.75 bits per heavy atom. The van der Waals surface area contributed by atoms with Crippen LogP contribution in [0.25, 0.3) is 5.69 Å². The number of rotatable bonds is 2. The van der Waals surface area contributed by atoms with Gasteiger partial charge in [0, 0.05) is 12.1 Å². The molecule has 2 rings (SSSR count). The first-order valence-corrected chi connectivity index (χ1v) is 4.79. The highest BCUT2D eigenvalue weighted by Gasteiger charge is 2.12. The maximum absolute atomic E-state index is 10.5. The van der Waals surface area contributed by atoms with Crippen LogP contribution >= 0.6 is 11.6 Å². The molecule has 2 aromatic rings. The van der Waals surface area contributed by atoms with Crippen molar-refractivity contribution in [2.75, 3.05) is 0 Å². The summed E-state index contributed by atoms with van der Waals surface area (Å²) in [6.45, 7) is 1.82. The minimum atomic E-state index is -0.496. The van der Waals surface area contributed by atoms with E-state index >= 15 is 0 Å². The minimum Gasteiger partial charge on any atom is -0.258 e. The molecule has 16 heavy (non-hydrogen) atoms. The molecule has 1 heterocycles. The molecule has 0 N–H and O–H groups in total. The molecule has 0 aliphatic carbocycles. The fourth-order valence-electron chi connectivity index (χ4n) is 1.31. The highest BCUT2D eigenvalue weighted by molar-refractivity contribution is 6.32. The van der Waals surface area contributed by atoms with Gasteiger partial charge in [0.1, 0.15) is 0 Å². The molecule has 0 unspecified atom stereocenters. The van der Waals surface area contributed by atoms with Crippen molar-refractivity contribution in [2.45, 2.75) is 6.92 Å². The lowest BCUT2D eigenvalue weighted by Crippen LogP contribution is -2.00. The number of benzene rings is 1. The summed E-state index contributed by atoms with van der Waals surface area (Å²) < 4.78 is 1.52. The smallest absolute Gasteiger partial charge is 0.258 e. The van der Waals surface area contributed by atoms with Gasteiger partial charge in [-0.1, -0.05) is 16.8 Å². The minimum absolute atomic E-state index is 0.0495. The van der Waals surface area contributed by atoms with Gasteiger partial charge in [0.25, 0.3) is 5.69 Å². The van der Waals surface area contributed by atoms with Crippen LogP contribution in [-0.4, -0.2) is 19.9 Å². The summed E-state index contributed by atoms with van der Waals surface area (Å²) in [5, 5.41) is 18.3. The zero-order chi connectivity index (χ0) is 11.7. The second kappa shape index (κ2) is 3.90. The standard InChI is InChI=1S/C9H7ClN4O2/c1-6-5-11-12-13(6)9-3-2-7(14(15)16)4-8(9)10/h2-5H,1H3. The molecule has 1 aromatic heterocycles. The highest BCUT2D eigenvalue weighted by atomic mass is 35.5. The van der Waals surface area contributed by atoms with Gasteiger partial charge in [-0.2, -0.15) is 0 Å². The average Bonchev–Trinajstić information content (AvgIpc) is 2.64. The Labute approximate surface area is 95.6 Å². The number of nitrogens with zero attached hydrogens (tertiary/aromatic N) is 4. The fourth-order valence-corrected chi connectivity index (χ4v) is 1.56. The van der Waals surface area contributed by atoms with Crippen molar-refractivity contribution in [1.82, 2.24) is 15.0 Å². The molecule has 0 aliphatic heterocycles. The van der Waals surface area contributed by atoms with Gasteiger partial charge in [0.2, 0.25) is 0 Å². The normalized spacial score (nSPS) is 10.4. The predicted molar refractivity (Wildman–Crippen MR) is 57.8 cm³/mol. The summed E-state index contributed by atoms with van der Waals surface area (Å²) >= 11 is 5.94. The molecule has 82 valence electrons. The van der Waals surface area contributed by atoms with Crippen LogP contribution in [0.5, 0.6) is 0 Å². The first-order chi connectivity index (χ1) is 7.59. The van der Waals surface area contributed by atoms with E-state index in [1.807, 2.05) is 6.92 Å². The predicted octanol–water partition coefficient (Wildman–Crippen LogP) is 2.14. The fraction of sp³-hybridized carbons (Fsp3) is 0.111. The van der Waals surface area contributed by atoms with Gasteiger partial charge in [-0.25, -0.2) is 4.68 Å². The van der Waals surface area contributed by atoms with Crippen molar-refractivity contribution < 1.29 is 4.92 Å². The Bertz CT molecular complexity index is 552. The summed E-state index contributed by atoms with van der Waals surface area (Å²) in [5.41, 5.74) is 1.32. The van der Waals surface area contributed by atoms with Gasteiger partial charge < -0.3 is 0 Å². The molecule has 0 spiro atoms. The lowest BCUT2D eigenvalue weighted by atomic mass is 10.3. The van der Waals surface area contributed by atoms with Crippen molar-refractivity contribution in [1.29, 1.82) is 0 Å². The van der Waals surface area contributed by atoms with Crippen LogP contribution in [0.2, 0.25) is 5.02 Å². The highest BCUT2D eigenvalue weighted by Crippen LogP contribution is 2.25. The summed E-state index contributed by atoms with van der Waals surface area (Å²) in [4.78, 5) is 10.0. The third kappa shape index (κ3) is 1.74. The van der Waals surface area contributed by atoms with E-state index in [2.05, 4.69) is 10.3 Å². The number of hydrogen-bond acceptors (Lipinski definition) is 4. The van der Waals surface area contributed by atoms with Crippen LogP contribution in [0.3, 0.4) is 0 Å². The van der Waals surface area contributed by atoms with Crippen molar-refractivity contribution in [3.63, 3.8) is 0 Å². The number of hydrogen-bond donors (Lipinski definition) is 0. The molecular weight excluding hydrogens is 232 g/mol. The van der Waals surface area contributed by atoms with E-state index in [4.69, 9.17) is 11.6 Å². The molecule has 0 aliphatic rings. The van der Waals surface area contributed by atoms with Crippen LogP contribution in [0.4, 0.5) is 5.69 Å². The second-order valence-corrected chi connectivity index (χ2v) is 3.59. The van der Waals surface area contributed by atoms with E-state index in [1.54, 1.807) is 12.3 Å². The zero-order valence-corrected chi connectivity index (χ0v) is 9.05. The quantitative estimate of drug-likeness (QED) is 0.593. The third-order valence-corrected chi connectivity index (χ3v) is 2.39. The molecule has 6 nitrogen and oxygen atoms in total. The SMILES string of the molecule is Cc1cnnn1-c1ccc([N+](=O)[O-])cc1Cl. The first-order valence-electron chi connectivity index (χ1n) is 4.41. The monoisotopic (exact) mass is 238 g/mol. The summed E-state index contributed by atoms with van der Waals surface area (Å²) in [6.07, 6.45) is 1.58. The molecule has 0 saturated heterocycles. The first kappa shape index (κ1) is 10.6. The molecule has 0 bridgehead atoms. The lowest BCUT2D eigenvalue weighted by Gasteiger charge is -2.04. The van der Waals surface area contributed by atoms with Crippen LogP contribution < -0.4 is 0 Å². The maximum atomic E-state index is 10.5. The van der Waals surface area contributed by atoms with E-state index in [0.717, 1.165) is 5.69 Å². The largest absolute Gasteiger partial charge is 0.271 e. The summed E-state index contributed by atoms with van der Waals surface area (Å²) in [5.74, 6) is 0. The molecule has 0 saturated carbocycles. The van der Waals surface area contributed by atoms with E-state index in [0.29, 0.717) is 5.69 Å². The van der Waals surface area contributed by atoms with Crippen LogP contribution in [-0.2, 0) is 0 Å². The Morgan fingerprint density at radius 1 is 1.50 bits per heavy atom. The number of nitro benzene ring substituents is 1. The molecule has 0 radical (unpaired) electrons. The Morgan fingerprint density at radius 2 is 2.25 bits per heavy atom. The van der Waals surface area contributed by atoms with Gasteiger partial charge in [-0.3, -0.25) is 10.1 Å². The molecule has 0 atom stereocenters. The Kier molecular flexibility index (Phi) is 2.57. The second-order valence-electron chi connectivity index (χ2n) is 3.18. The van der Waals surface area contributed by atoms with Gasteiger partial charge in [0.05, 0.1) is 27.5 Å².